The molecular weight excluding hydrogens is 234 g/mol. The molecule has 0 aliphatic heterocycles. The molecule has 1 heterocycles. The second-order valence-electron chi connectivity index (χ2n) is 4.33. The lowest BCUT2D eigenvalue weighted by Crippen LogP contribution is -1.90. The summed E-state index contributed by atoms with van der Waals surface area (Å²) in [5.41, 5.74) is 3.23. The lowest BCUT2D eigenvalue weighted by molar-refractivity contribution is 0.414. The van der Waals surface area contributed by atoms with Crippen molar-refractivity contribution in [3.05, 3.63) is 59.4 Å². The first kappa shape index (κ1) is 13.2. The molecule has 0 unspecified atom stereocenters. The smallest absolute Gasteiger partial charge is 0.119 e. The van der Waals surface area contributed by atoms with Gasteiger partial charge in [0.15, 0.2) is 0 Å². The van der Waals surface area contributed by atoms with Crippen LogP contribution in [-0.4, -0.2) is 12.1 Å². The molecule has 1 aromatic heterocycles. The van der Waals surface area contributed by atoms with Crippen molar-refractivity contribution in [1.29, 1.82) is 0 Å². The molecule has 0 bridgehead atoms. The van der Waals surface area contributed by atoms with Crippen LogP contribution in [0.5, 0.6) is 5.75 Å². The van der Waals surface area contributed by atoms with Gasteiger partial charge >= 0.3 is 0 Å². The lowest BCUT2D eigenvalue weighted by Gasteiger charge is -2.00. The summed E-state index contributed by atoms with van der Waals surface area (Å²) in [6, 6.07) is 14.0. The highest BCUT2D eigenvalue weighted by atomic mass is 16.5. The van der Waals surface area contributed by atoms with Gasteiger partial charge in [0, 0.05) is 12.1 Å². The second-order valence-corrected chi connectivity index (χ2v) is 4.33. The van der Waals surface area contributed by atoms with Crippen LogP contribution in [0, 0.1) is 18.8 Å². The molecule has 0 fully saturated rings. The minimum atomic E-state index is 0.700. The molecule has 0 saturated heterocycles. The van der Waals surface area contributed by atoms with E-state index in [4.69, 9.17) is 4.74 Å². The van der Waals surface area contributed by atoms with Crippen LogP contribution in [0.2, 0.25) is 0 Å². The first-order valence-electron chi connectivity index (χ1n) is 6.29. The average molecular weight is 251 g/mol. The molecule has 0 saturated carbocycles. The molecule has 2 aromatic rings. The Hall–Kier alpha value is -2.27. The molecular formula is C17H17NO. The van der Waals surface area contributed by atoms with Crippen LogP contribution in [0.3, 0.4) is 0 Å². The van der Waals surface area contributed by atoms with E-state index in [1.54, 1.807) is 7.11 Å². The van der Waals surface area contributed by atoms with Crippen molar-refractivity contribution >= 4 is 0 Å². The average Bonchev–Trinajstić information content (AvgIpc) is 2.44. The van der Waals surface area contributed by atoms with Crippen molar-refractivity contribution in [3.8, 4) is 17.6 Å². The van der Waals surface area contributed by atoms with Gasteiger partial charge in [0.25, 0.3) is 0 Å². The van der Waals surface area contributed by atoms with Gasteiger partial charge in [0.05, 0.1) is 19.2 Å². The van der Waals surface area contributed by atoms with Gasteiger partial charge in [-0.1, -0.05) is 30.0 Å². The summed E-state index contributed by atoms with van der Waals surface area (Å²) < 4.78 is 5.19. The zero-order valence-corrected chi connectivity index (χ0v) is 11.3. The molecule has 2 rings (SSSR count). The molecule has 2 heteroatoms. The number of aromatic nitrogens is 1. The maximum Gasteiger partial charge on any atom is 0.119 e. The number of methoxy groups -OCH3 is 1. The predicted octanol–water partition coefficient (Wildman–Crippen LogP) is 3.19. The van der Waals surface area contributed by atoms with Crippen molar-refractivity contribution in [2.24, 2.45) is 0 Å². The molecule has 0 radical (unpaired) electrons. The van der Waals surface area contributed by atoms with E-state index >= 15 is 0 Å². The van der Waals surface area contributed by atoms with Crippen LogP contribution in [0.1, 0.15) is 17.0 Å². The van der Waals surface area contributed by atoms with Crippen molar-refractivity contribution in [3.63, 3.8) is 0 Å². The van der Waals surface area contributed by atoms with Crippen LogP contribution in [0.15, 0.2) is 42.5 Å². The van der Waals surface area contributed by atoms with Gasteiger partial charge in [0.2, 0.25) is 0 Å². The Bertz CT molecular complexity index is 608. The van der Waals surface area contributed by atoms with E-state index < -0.39 is 0 Å². The quantitative estimate of drug-likeness (QED) is 0.782. The number of hydrogen-bond acceptors (Lipinski definition) is 2. The van der Waals surface area contributed by atoms with Gasteiger partial charge in [-0.3, -0.25) is 4.98 Å². The predicted molar refractivity (Wildman–Crippen MR) is 77.2 cm³/mol. The van der Waals surface area contributed by atoms with E-state index in [9.17, 15) is 0 Å². The highest BCUT2D eigenvalue weighted by Crippen LogP contribution is 2.12. The third-order valence-corrected chi connectivity index (χ3v) is 2.77. The number of aryl methyl sites for hydroxylation is 1. The maximum absolute atomic E-state index is 5.19. The van der Waals surface area contributed by atoms with Gasteiger partial charge in [-0.05, 0) is 36.8 Å². The molecule has 0 aliphatic rings. The molecule has 1 aromatic carbocycles. The SMILES string of the molecule is COc1cccc(CC#CCc2cccc(C)n2)c1. The second kappa shape index (κ2) is 6.61. The van der Waals surface area contributed by atoms with Gasteiger partial charge < -0.3 is 4.74 Å². The van der Waals surface area contributed by atoms with Crippen molar-refractivity contribution in [1.82, 2.24) is 4.98 Å². The van der Waals surface area contributed by atoms with Crippen LogP contribution >= 0.6 is 0 Å². The van der Waals surface area contributed by atoms with E-state index in [0.717, 1.165) is 23.6 Å². The first-order chi connectivity index (χ1) is 9.28. The highest BCUT2D eigenvalue weighted by Gasteiger charge is 1.94. The van der Waals surface area contributed by atoms with Gasteiger partial charge in [-0.15, -0.1) is 0 Å². The summed E-state index contributed by atoms with van der Waals surface area (Å²) in [4.78, 5) is 4.42. The van der Waals surface area contributed by atoms with Crippen LogP contribution < -0.4 is 4.74 Å². The summed E-state index contributed by atoms with van der Waals surface area (Å²) in [6.07, 6.45) is 1.44. The Kier molecular flexibility index (Phi) is 4.58. The molecule has 0 spiro atoms. The monoisotopic (exact) mass is 251 g/mol. The van der Waals surface area contributed by atoms with E-state index in [2.05, 4.69) is 22.9 Å². The minimum Gasteiger partial charge on any atom is -0.497 e. The Balaban J connectivity index is 1.94. The summed E-state index contributed by atoms with van der Waals surface area (Å²) in [5, 5.41) is 0. The Morgan fingerprint density at radius 3 is 2.63 bits per heavy atom. The van der Waals surface area contributed by atoms with E-state index in [1.165, 1.54) is 5.56 Å². The normalized spacial score (nSPS) is 9.58. The number of hydrogen-bond donors (Lipinski definition) is 0. The zero-order chi connectivity index (χ0) is 13.5. The number of benzene rings is 1. The third-order valence-electron chi connectivity index (χ3n) is 2.77. The lowest BCUT2D eigenvalue weighted by atomic mass is 10.1. The fourth-order valence-corrected chi connectivity index (χ4v) is 1.80. The summed E-state index contributed by atoms with van der Waals surface area (Å²) >= 11 is 0. The minimum absolute atomic E-state index is 0.700. The molecule has 19 heavy (non-hydrogen) atoms. The molecule has 0 aliphatic carbocycles. The molecule has 0 N–H and O–H groups in total. The van der Waals surface area contributed by atoms with Crippen LogP contribution in [0.4, 0.5) is 0 Å². The van der Waals surface area contributed by atoms with Crippen molar-refractivity contribution in [2.45, 2.75) is 19.8 Å². The first-order valence-corrected chi connectivity index (χ1v) is 6.29. The van der Waals surface area contributed by atoms with E-state index in [1.807, 2.05) is 43.3 Å². The molecule has 0 atom stereocenters. The fourth-order valence-electron chi connectivity index (χ4n) is 1.80. The maximum atomic E-state index is 5.19. The topological polar surface area (TPSA) is 22.1 Å². The number of nitrogens with zero attached hydrogens (tertiary/aromatic N) is 1. The Morgan fingerprint density at radius 2 is 1.84 bits per heavy atom. The van der Waals surface area contributed by atoms with Crippen LogP contribution in [0.25, 0.3) is 0 Å². The molecule has 0 amide bonds. The number of rotatable bonds is 3. The van der Waals surface area contributed by atoms with E-state index in [0.29, 0.717) is 6.42 Å². The molecule has 96 valence electrons. The standard InChI is InChI=1S/C17H17NO/c1-14-7-5-11-16(18-14)10-4-3-8-15-9-6-12-17(13-15)19-2/h5-7,9,11-13H,8,10H2,1-2H3. The third kappa shape index (κ3) is 4.15. The number of ether oxygens (including phenoxy) is 1. The van der Waals surface area contributed by atoms with Gasteiger partial charge in [0.1, 0.15) is 5.75 Å². The summed E-state index contributed by atoms with van der Waals surface area (Å²) in [6.45, 7) is 1.99. The largest absolute Gasteiger partial charge is 0.497 e. The van der Waals surface area contributed by atoms with Gasteiger partial charge in [-0.25, -0.2) is 0 Å². The van der Waals surface area contributed by atoms with Gasteiger partial charge in [-0.2, -0.15) is 0 Å². The highest BCUT2D eigenvalue weighted by molar-refractivity contribution is 5.31. The summed E-state index contributed by atoms with van der Waals surface area (Å²) in [7, 11) is 1.67. The van der Waals surface area contributed by atoms with E-state index in [-0.39, 0.29) is 0 Å². The zero-order valence-electron chi connectivity index (χ0n) is 11.3. The Morgan fingerprint density at radius 1 is 1.05 bits per heavy atom. The van der Waals surface area contributed by atoms with Crippen LogP contribution in [-0.2, 0) is 12.8 Å². The Labute approximate surface area is 114 Å². The summed E-state index contributed by atoms with van der Waals surface area (Å²) in [5.74, 6) is 7.21. The van der Waals surface area contributed by atoms with Crippen molar-refractivity contribution < 1.29 is 4.74 Å². The van der Waals surface area contributed by atoms with Crippen molar-refractivity contribution in [2.75, 3.05) is 7.11 Å². The molecule has 2 nitrogen and oxygen atoms in total. The fraction of sp³-hybridized carbons (Fsp3) is 0.235. The number of pyridine rings is 1.